The molecule has 1 aliphatic rings. The van der Waals surface area contributed by atoms with Crippen LogP contribution < -0.4 is 15.4 Å². The summed E-state index contributed by atoms with van der Waals surface area (Å²) in [5.41, 5.74) is 0.526. The van der Waals surface area contributed by atoms with E-state index in [4.69, 9.17) is 9.47 Å². The second-order valence-electron chi connectivity index (χ2n) is 5.46. The van der Waals surface area contributed by atoms with Crippen LogP contribution in [0.15, 0.2) is 24.3 Å². The minimum Gasteiger partial charge on any atom is -0.492 e. The highest BCUT2D eigenvalue weighted by Gasteiger charge is 2.19. The molecule has 1 aromatic rings. The summed E-state index contributed by atoms with van der Waals surface area (Å²) in [6.07, 6.45) is 0.109. The standard InChI is InChI=1S/C17H23N3O5/c1-2-24-14-7-4-3-6-13(14)19-16(22)12-15(21)18-8-10-20-9-5-11-25-17(20)23/h3-4,6-7H,2,5,8-12H2,1H3,(H,18,21)(H,19,22). The number of anilines is 1. The lowest BCUT2D eigenvalue weighted by Crippen LogP contribution is -2.42. The van der Waals surface area contributed by atoms with Gasteiger partial charge in [-0.25, -0.2) is 4.79 Å². The van der Waals surface area contributed by atoms with Crippen molar-refractivity contribution in [3.05, 3.63) is 24.3 Å². The first-order valence-electron chi connectivity index (χ1n) is 8.30. The molecule has 0 radical (unpaired) electrons. The number of hydrogen-bond acceptors (Lipinski definition) is 5. The number of para-hydroxylation sites is 2. The number of amides is 3. The summed E-state index contributed by atoms with van der Waals surface area (Å²) in [5, 5.41) is 5.29. The molecule has 0 atom stereocenters. The van der Waals surface area contributed by atoms with E-state index in [-0.39, 0.29) is 19.1 Å². The van der Waals surface area contributed by atoms with E-state index >= 15 is 0 Å². The Morgan fingerprint density at radius 3 is 2.84 bits per heavy atom. The molecule has 136 valence electrons. The number of ether oxygens (including phenoxy) is 2. The molecule has 1 saturated heterocycles. The smallest absolute Gasteiger partial charge is 0.409 e. The molecule has 25 heavy (non-hydrogen) atoms. The van der Waals surface area contributed by atoms with Crippen molar-refractivity contribution in [2.75, 3.05) is 38.2 Å². The fraction of sp³-hybridized carbons (Fsp3) is 0.471. The molecule has 2 N–H and O–H groups in total. The molecule has 0 unspecified atom stereocenters. The number of cyclic esters (lactones) is 1. The molecule has 1 aromatic carbocycles. The van der Waals surface area contributed by atoms with Gasteiger partial charge in [-0.05, 0) is 25.5 Å². The summed E-state index contributed by atoms with van der Waals surface area (Å²) in [4.78, 5) is 36.8. The van der Waals surface area contributed by atoms with Crippen molar-refractivity contribution in [2.24, 2.45) is 0 Å². The summed E-state index contributed by atoms with van der Waals surface area (Å²) < 4.78 is 10.3. The highest BCUT2D eigenvalue weighted by molar-refractivity contribution is 6.04. The van der Waals surface area contributed by atoms with Crippen molar-refractivity contribution < 1.29 is 23.9 Å². The highest BCUT2D eigenvalue weighted by atomic mass is 16.6. The number of carbonyl (C=O) groups excluding carboxylic acids is 3. The number of nitrogens with one attached hydrogen (secondary N) is 2. The van der Waals surface area contributed by atoms with Crippen molar-refractivity contribution >= 4 is 23.6 Å². The Labute approximate surface area is 146 Å². The second-order valence-corrected chi connectivity index (χ2v) is 5.46. The van der Waals surface area contributed by atoms with Gasteiger partial charge >= 0.3 is 6.09 Å². The third-order valence-corrected chi connectivity index (χ3v) is 3.54. The van der Waals surface area contributed by atoms with Gasteiger partial charge in [-0.2, -0.15) is 0 Å². The van der Waals surface area contributed by atoms with Gasteiger partial charge in [0.15, 0.2) is 0 Å². The minimum absolute atomic E-state index is 0.275. The third kappa shape index (κ3) is 5.98. The van der Waals surface area contributed by atoms with Gasteiger partial charge in [-0.1, -0.05) is 12.1 Å². The number of hydrogen-bond donors (Lipinski definition) is 2. The van der Waals surface area contributed by atoms with Crippen LogP contribution in [0.4, 0.5) is 10.5 Å². The van der Waals surface area contributed by atoms with Gasteiger partial charge in [0.1, 0.15) is 12.2 Å². The van der Waals surface area contributed by atoms with Gasteiger partial charge in [0.2, 0.25) is 11.8 Å². The van der Waals surface area contributed by atoms with Gasteiger partial charge in [0.05, 0.1) is 18.9 Å². The molecule has 0 aliphatic carbocycles. The van der Waals surface area contributed by atoms with Gasteiger partial charge in [0, 0.05) is 19.6 Å². The minimum atomic E-state index is -0.429. The van der Waals surface area contributed by atoms with E-state index < -0.39 is 11.8 Å². The summed E-state index contributed by atoms with van der Waals surface area (Å²) in [6.45, 7) is 4.01. The van der Waals surface area contributed by atoms with Gasteiger partial charge < -0.3 is 25.0 Å². The first-order chi connectivity index (χ1) is 12.1. The maximum Gasteiger partial charge on any atom is 0.409 e. The average Bonchev–Trinajstić information content (AvgIpc) is 2.58. The van der Waals surface area contributed by atoms with E-state index in [1.807, 2.05) is 6.92 Å². The zero-order valence-electron chi connectivity index (χ0n) is 14.2. The number of nitrogens with zero attached hydrogens (tertiary/aromatic N) is 1. The van der Waals surface area contributed by atoms with Crippen molar-refractivity contribution in [3.63, 3.8) is 0 Å². The molecular formula is C17H23N3O5. The van der Waals surface area contributed by atoms with Crippen LogP contribution in [0.5, 0.6) is 5.75 Å². The monoisotopic (exact) mass is 349 g/mol. The van der Waals surface area contributed by atoms with Crippen LogP contribution in [-0.4, -0.2) is 55.7 Å². The maximum absolute atomic E-state index is 12.0. The van der Waals surface area contributed by atoms with E-state index in [2.05, 4.69) is 10.6 Å². The zero-order chi connectivity index (χ0) is 18.1. The Morgan fingerprint density at radius 2 is 2.08 bits per heavy atom. The second kappa shape index (κ2) is 9.51. The van der Waals surface area contributed by atoms with Gasteiger partial charge in [-0.3, -0.25) is 9.59 Å². The Kier molecular flexibility index (Phi) is 7.06. The Bertz CT molecular complexity index is 620. The largest absolute Gasteiger partial charge is 0.492 e. The molecule has 0 bridgehead atoms. The Balaban J connectivity index is 1.73. The van der Waals surface area contributed by atoms with E-state index in [0.717, 1.165) is 6.42 Å². The zero-order valence-corrected chi connectivity index (χ0v) is 14.2. The molecule has 1 fully saturated rings. The third-order valence-electron chi connectivity index (χ3n) is 3.54. The van der Waals surface area contributed by atoms with Crippen LogP contribution in [0.25, 0.3) is 0 Å². The van der Waals surface area contributed by atoms with Crippen LogP contribution in [0.1, 0.15) is 19.8 Å². The van der Waals surface area contributed by atoms with Crippen LogP contribution in [0, 0.1) is 0 Å². The fourth-order valence-electron chi connectivity index (χ4n) is 2.38. The van der Waals surface area contributed by atoms with Crippen molar-refractivity contribution in [1.82, 2.24) is 10.2 Å². The molecule has 3 amide bonds. The summed E-state index contributed by atoms with van der Waals surface area (Å²) in [5.74, 6) is -0.277. The van der Waals surface area contributed by atoms with E-state index in [1.165, 1.54) is 4.90 Å². The average molecular weight is 349 g/mol. The van der Waals surface area contributed by atoms with Crippen molar-refractivity contribution in [3.8, 4) is 5.75 Å². The van der Waals surface area contributed by atoms with Gasteiger partial charge in [0.25, 0.3) is 0 Å². The lowest BCUT2D eigenvalue weighted by atomic mass is 10.2. The number of rotatable bonds is 8. The summed E-state index contributed by atoms with van der Waals surface area (Å²) in [7, 11) is 0. The fourth-order valence-corrected chi connectivity index (χ4v) is 2.38. The Morgan fingerprint density at radius 1 is 1.28 bits per heavy atom. The van der Waals surface area contributed by atoms with Crippen molar-refractivity contribution in [2.45, 2.75) is 19.8 Å². The first kappa shape index (κ1) is 18.6. The SMILES string of the molecule is CCOc1ccccc1NC(=O)CC(=O)NCCN1CCCOC1=O. The number of carbonyl (C=O) groups is 3. The topological polar surface area (TPSA) is 97.0 Å². The predicted octanol–water partition coefficient (Wildman–Crippen LogP) is 1.37. The van der Waals surface area contributed by atoms with E-state index in [9.17, 15) is 14.4 Å². The molecule has 8 heteroatoms. The van der Waals surface area contributed by atoms with E-state index in [1.54, 1.807) is 24.3 Å². The normalized spacial score (nSPS) is 13.8. The lowest BCUT2D eigenvalue weighted by Gasteiger charge is -2.26. The molecular weight excluding hydrogens is 326 g/mol. The Hall–Kier alpha value is -2.77. The van der Waals surface area contributed by atoms with E-state index in [0.29, 0.717) is 37.7 Å². The van der Waals surface area contributed by atoms with Crippen molar-refractivity contribution in [1.29, 1.82) is 0 Å². The molecule has 1 heterocycles. The molecule has 8 nitrogen and oxygen atoms in total. The predicted molar refractivity (Wildman–Crippen MR) is 91.4 cm³/mol. The lowest BCUT2D eigenvalue weighted by molar-refractivity contribution is -0.126. The molecule has 2 rings (SSSR count). The van der Waals surface area contributed by atoms with Crippen LogP contribution in [-0.2, 0) is 14.3 Å². The molecule has 0 spiro atoms. The van der Waals surface area contributed by atoms with Crippen LogP contribution in [0.2, 0.25) is 0 Å². The number of benzene rings is 1. The van der Waals surface area contributed by atoms with Gasteiger partial charge in [-0.15, -0.1) is 0 Å². The molecule has 0 saturated carbocycles. The summed E-state index contributed by atoms with van der Waals surface area (Å²) >= 11 is 0. The molecule has 0 aromatic heterocycles. The molecule has 1 aliphatic heterocycles. The maximum atomic E-state index is 12.0. The highest BCUT2D eigenvalue weighted by Crippen LogP contribution is 2.23. The van der Waals surface area contributed by atoms with Crippen LogP contribution >= 0.6 is 0 Å². The first-order valence-corrected chi connectivity index (χ1v) is 8.30. The quantitative estimate of drug-likeness (QED) is 0.691. The van der Waals surface area contributed by atoms with Crippen LogP contribution in [0.3, 0.4) is 0 Å². The summed E-state index contributed by atoms with van der Waals surface area (Å²) in [6, 6.07) is 7.04.